The predicted octanol–water partition coefficient (Wildman–Crippen LogP) is 4.42. The fraction of sp³-hybridized carbons (Fsp3) is 0.385. The normalized spacial score (nSPS) is 22.1. The van der Waals surface area contributed by atoms with Gasteiger partial charge in [0.05, 0.1) is 11.3 Å². The van der Waals surface area contributed by atoms with Crippen molar-refractivity contribution in [1.29, 1.82) is 0 Å². The van der Waals surface area contributed by atoms with Crippen molar-refractivity contribution in [3.63, 3.8) is 0 Å². The molecule has 0 unspecified atom stereocenters. The Bertz CT molecular complexity index is 1000. The topological polar surface area (TPSA) is 61.4 Å². The quantitative estimate of drug-likeness (QED) is 0.540. The molecule has 2 N–H and O–H groups in total. The van der Waals surface area contributed by atoms with Gasteiger partial charge in [-0.25, -0.2) is 0 Å². The van der Waals surface area contributed by atoms with Crippen LogP contribution in [0.4, 0.5) is 5.69 Å². The first kappa shape index (κ1) is 21.3. The Hall–Kier alpha value is -2.92. The van der Waals surface area contributed by atoms with Crippen LogP contribution in [-0.4, -0.2) is 43.3 Å². The minimum absolute atomic E-state index is 0.00469. The Kier molecular flexibility index (Phi) is 6.23. The monoisotopic (exact) mass is 417 g/mol. The van der Waals surface area contributed by atoms with E-state index in [9.17, 15) is 9.59 Å². The van der Waals surface area contributed by atoms with Gasteiger partial charge in [0.15, 0.2) is 5.78 Å². The Morgan fingerprint density at radius 2 is 1.74 bits per heavy atom. The van der Waals surface area contributed by atoms with Gasteiger partial charge in [0.25, 0.3) is 5.91 Å². The van der Waals surface area contributed by atoms with E-state index in [-0.39, 0.29) is 11.7 Å². The Morgan fingerprint density at radius 3 is 2.39 bits per heavy atom. The molecule has 0 radical (unpaired) electrons. The summed E-state index contributed by atoms with van der Waals surface area (Å²) >= 11 is 0. The third kappa shape index (κ3) is 4.72. The van der Waals surface area contributed by atoms with E-state index < -0.39 is 0 Å². The molecule has 1 aliphatic heterocycles. The third-order valence-electron chi connectivity index (χ3n) is 6.30. The van der Waals surface area contributed by atoms with Crippen molar-refractivity contribution < 1.29 is 9.59 Å². The highest BCUT2D eigenvalue weighted by atomic mass is 16.2. The molecule has 1 saturated carbocycles. The van der Waals surface area contributed by atoms with Crippen LogP contribution in [0.25, 0.3) is 11.3 Å². The van der Waals surface area contributed by atoms with Gasteiger partial charge < -0.3 is 15.5 Å². The lowest BCUT2D eigenvalue weighted by Crippen LogP contribution is -2.35. The number of ketones is 1. The average molecular weight is 418 g/mol. The van der Waals surface area contributed by atoms with E-state index in [1.807, 2.05) is 42.5 Å². The lowest BCUT2D eigenvalue weighted by Gasteiger charge is -2.32. The summed E-state index contributed by atoms with van der Waals surface area (Å²) in [5, 5.41) is 6.70. The summed E-state index contributed by atoms with van der Waals surface area (Å²) in [5.41, 5.74) is 4.64. The first-order valence-corrected chi connectivity index (χ1v) is 11.1. The highest BCUT2D eigenvalue weighted by Gasteiger charge is 2.30. The first-order chi connectivity index (χ1) is 14.9. The number of carbonyl (C=O) groups is 2. The molecule has 1 aliphatic carbocycles. The third-order valence-corrected chi connectivity index (χ3v) is 6.30. The summed E-state index contributed by atoms with van der Waals surface area (Å²) in [4.78, 5) is 27.3. The van der Waals surface area contributed by atoms with E-state index in [1.165, 1.54) is 12.8 Å². The van der Waals surface area contributed by atoms with Crippen LogP contribution in [-0.2, 0) is 4.79 Å². The van der Waals surface area contributed by atoms with Crippen LogP contribution in [0.5, 0.6) is 0 Å². The number of amides is 1. The molecule has 0 atom stereocenters. The number of hydrogen-bond acceptors (Lipinski definition) is 4. The number of carbonyl (C=O) groups excluding carboxylic acids is 2. The van der Waals surface area contributed by atoms with Gasteiger partial charge >= 0.3 is 0 Å². The molecule has 1 amide bonds. The number of benzene rings is 2. The van der Waals surface area contributed by atoms with Crippen LogP contribution >= 0.6 is 0 Å². The lowest BCUT2D eigenvalue weighted by atomic mass is 9.85. The van der Waals surface area contributed by atoms with Crippen molar-refractivity contribution >= 4 is 28.6 Å². The van der Waals surface area contributed by atoms with E-state index in [1.54, 1.807) is 13.0 Å². The SMILES string of the molecule is CC(=O)c1ccc2c(c1)C(=C(N[C@H]1CC[C@H](CN(C)C)CC1)c1ccccc1)C(=O)N2. The number of Topliss-reactive ketones (excluding diaryl/α,β-unsaturated/α-hetero) is 1. The van der Waals surface area contributed by atoms with Crippen LogP contribution in [0.3, 0.4) is 0 Å². The van der Waals surface area contributed by atoms with Crippen LogP contribution in [0.1, 0.15) is 54.1 Å². The molecule has 5 heteroatoms. The maximum absolute atomic E-state index is 13.0. The zero-order valence-electron chi connectivity index (χ0n) is 18.6. The zero-order valence-corrected chi connectivity index (χ0v) is 18.6. The highest BCUT2D eigenvalue weighted by Crippen LogP contribution is 2.38. The molecule has 4 rings (SSSR count). The van der Waals surface area contributed by atoms with Gasteiger partial charge in [0.2, 0.25) is 0 Å². The van der Waals surface area contributed by atoms with Crippen LogP contribution in [0.2, 0.25) is 0 Å². The average Bonchev–Trinajstić information content (AvgIpc) is 3.08. The van der Waals surface area contributed by atoms with Crippen molar-refractivity contribution in [2.45, 2.75) is 38.6 Å². The van der Waals surface area contributed by atoms with Crippen LogP contribution in [0.15, 0.2) is 48.5 Å². The van der Waals surface area contributed by atoms with Gasteiger partial charge in [-0.1, -0.05) is 30.3 Å². The molecule has 5 nitrogen and oxygen atoms in total. The van der Waals surface area contributed by atoms with E-state index in [4.69, 9.17) is 0 Å². The van der Waals surface area contributed by atoms with Crippen LogP contribution in [0, 0.1) is 5.92 Å². The standard InChI is InChI=1S/C26H31N3O2/c1-17(30)20-11-14-23-22(15-20)24(26(31)28-23)25(19-7-5-4-6-8-19)27-21-12-9-18(10-13-21)16-29(2)3/h4-8,11,14-15,18,21,27H,9-10,12-13,16H2,1-3H3,(H,28,31)/t18-,21-. The van der Waals surface area contributed by atoms with Crippen molar-refractivity contribution in [2.75, 3.05) is 26.0 Å². The van der Waals surface area contributed by atoms with E-state index in [2.05, 4.69) is 29.6 Å². The van der Waals surface area contributed by atoms with E-state index in [0.717, 1.165) is 47.8 Å². The molecule has 2 aromatic carbocycles. The van der Waals surface area contributed by atoms with Gasteiger partial charge in [0.1, 0.15) is 0 Å². The smallest absolute Gasteiger partial charge is 0.258 e. The first-order valence-electron chi connectivity index (χ1n) is 11.1. The summed E-state index contributed by atoms with van der Waals surface area (Å²) in [7, 11) is 4.27. The number of rotatable bonds is 6. The molecule has 0 aromatic heterocycles. The number of anilines is 1. The highest BCUT2D eigenvalue weighted by molar-refractivity contribution is 6.36. The molecule has 0 bridgehead atoms. The second-order valence-corrected chi connectivity index (χ2v) is 9.01. The Balaban J connectivity index is 1.69. The second-order valence-electron chi connectivity index (χ2n) is 9.01. The van der Waals surface area contributed by atoms with Gasteiger partial charge in [-0.2, -0.15) is 0 Å². The summed E-state index contributed by atoms with van der Waals surface area (Å²) in [6.45, 7) is 2.68. The van der Waals surface area contributed by atoms with Crippen molar-refractivity contribution in [2.24, 2.45) is 5.92 Å². The fourth-order valence-corrected chi connectivity index (χ4v) is 4.75. The van der Waals surface area contributed by atoms with Gasteiger partial charge in [-0.15, -0.1) is 0 Å². The molecular formula is C26H31N3O2. The molecule has 31 heavy (non-hydrogen) atoms. The molecular weight excluding hydrogens is 386 g/mol. The predicted molar refractivity (Wildman–Crippen MR) is 126 cm³/mol. The summed E-state index contributed by atoms with van der Waals surface area (Å²) in [6, 6.07) is 15.8. The fourth-order valence-electron chi connectivity index (χ4n) is 4.75. The lowest BCUT2D eigenvalue weighted by molar-refractivity contribution is -0.110. The number of hydrogen-bond donors (Lipinski definition) is 2. The van der Waals surface area contributed by atoms with Gasteiger partial charge in [-0.05, 0) is 76.4 Å². The van der Waals surface area contributed by atoms with E-state index in [0.29, 0.717) is 17.2 Å². The maximum atomic E-state index is 13.0. The zero-order chi connectivity index (χ0) is 22.0. The molecule has 162 valence electrons. The molecule has 0 spiro atoms. The van der Waals surface area contributed by atoms with Gasteiger partial charge in [-0.3, -0.25) is 9.59 Å². The minimum Gasteiger partial charge on any atom is -0.381 e. The molecule has 0 saturated heterocycles. The second kappa shape index (κ2) is 9.06. The number of nitrogens with zero attached hydrogens (tertiary/aromatic N) is 1. The van der Waals surface area contributed by atoms with Crippen molar-refractivity contribution in [3.8, 4) is 0 Å². The molecule has 1 fully saturated rings. The summed E-state index contributed by atoms with van der Waals surface area (Å²) in [6.07, 6.45) is 4.54. The summed E-state index contributed by atoms with van der Waals surface area (Å²) < 4.78 is 0. The van der Waals surface area contributed by atoms with Crippen molar-refractivity contribution in [1.82, 2.24) is 10.2 Å². The Labute approximate surface area is 184 Å². The molecule has 2 aromatic rings. The van der Waals surface area contributed by atoms with Gasteiger partial charge in [0, 0.05) is 29.4 Å². The maximum Gasteiger partial charge on any atom is 0.258 e. The van der Waals surface area contributed by atoms with E-state index >= 15 is 0 Å². The van der Waals surface area contributed by atoms with Crippen LogP contribution < -0.4 is 10.6 Å². The summed E-state index contributed by atoms with van der Waals surface area (Å²) in [5.74, 6) is 0.604. The number of nitrogens with one attached hydrogen (secondary N) is 2. The largest absolute Gasteiger partial charge is 0.381 e. The van der Waals surface area contributed by atoms with Crippen molar-refractivity contribution in [3.05, 3.63) is 65.2 Å². The minimum atomic E-state index is -0.122. The molecule has 1 heterocycles. The Morgan fingerprint density at radius 1 is 1.03 bits per heavy atom. The number of fused-ring (bicyclic) bond motifs is 1. The molecule has 2 aliphatic rings.